The number of amides is 2. The molecule has 0 unspecified atom stereocenters. The van der Waals surface area contributed by atoms with E-state index in [4.69, 9.17) is 4.74 Å². The van der Waals surface area contributed by atoms with Crippen LogP contribution in [0.2, 0.25) is 0 Å². The maximum absolute atomic E-state index is 13.1. The fraction of sp³-hybridized carbons (Fsp3) is 0.333. The van der Waals surface area contributed by atoms with E-state index in [1.54, 1.807) is 18.4 Å². The number of ether oxygens (including phenoxy) is 1. The number of nitrogens with zero attached hydrogens (tertiary/aromatic N) is 2. The summed E-state index contributed by atoms with van der Waals surface area (Å²) in [7, 11) is 1.75. The maximum atomic E-state index is 13.1. The second-order valence-corrected chi connectivity index (χ2v) is 10.3. The van der Waals surface area contributed by atoms with Gasteiger partial charge in [-0.15, -0.1) is 11.3 Å². The molecule has 4 aromatic rings. The summed E-state index contributed by atoms with van der Waals surface area (Å²) < 4.78 is 7.51. The molecule has 1 fully saturated rings. The zero-order valence-corrected chi connectivity index (χ0v) is 20.5. The highest BCUT2D eigenvalue weighted by atomic mass is 32.1. The number of carbonyl (C=O) groups is 2. The second kappa shape index (κ2) is 9.11. The number of thiophene rings is 1. The number of imide groups is 1. The average molecular weight is 489 g/mol. The number of hydrogen-bond donors (Lipinski definition) is 2. The lowest BCUT2D eigenvalue weighted by Gasteiger charge is -2.32. The molecule has 2 aliphatic heterocycles. The summed E-state index contributed by atoms with van der Waals surface area (Å²) in [6.07, 6.45) is 6.19. The third kappa shape index (κ3) is 3.91. The highest BCUT2D eigenvalue weighted by Gasteiger charge is 2.35. The Bertz CT molecular complexity index is 1450. The smallest absolute Gasteiger partial charge is 0.259 e. The van der Waals surface area contributed by atoms with E-state index >= 15 is 0 Å². The van der Waals surface area contributed by atoms with Crippen LogP contribution in [0.3, 0.4) is 0 Å². The number of carbonyl (C=O) groups excluding carboxylic acids is 2. The van der Waals surface area contributed by atoms with Gasteiger partial charge in [0.25, 0.3) is 11.8 Å². The van der Waals surface area contributed by atoms with E-state index < -0.39 is 0 Å². The Morgan fingerprint density at radius 2 is 1.80 bits per heavy atom. The Morgan fingerprint density at radius 1 is 1.03 bits per heavy atom. The molecule has 0 spiro atoms. The van der Waals surface area contributed by atoms with Gasteiger partial charge in [-0.3, -0.25) is 14.9 Å². The number of nitrogens with one attached hydrogen (secondary N) is 2. The molecule has 2 amide bonds. The number of fused-ring (bicyclic) bond motifs is 2. The van der Waals surface area contributed by atoms with Gasteiger partial charge in [0, 0.05) is 60.0 Å². The Labute approximate surface area is 207 Å². The predicted octanol–water partition coefficient (Wildman–Crippen LogP) is 4.11. The van der Waals surface area contributed by atoms with Gasteiger partial charge in [0.15, 0.2) is 0 Å². The summed E-state index contributed by atoms with van der Waals surface area (Å²) in [5.74, 6) is -0.0960. The van der Waals surface area contributed by atoms with Crippen molar-refractivity contribution >= 4 is 55.4 Å². The quantitative estimate of drug-likeness (QED) is 0.384. The van der Waals surface area contributed by atoms with Crippen LogP contribution >= 0.6 is 11.3 Å². The van der Waals surface area contributed by atoms with Crippen molar-refractivity contribution in [1.82, 2.24) is 19.8 Å². The molecule has 5 heterocycles. The third-order valence-electron chi connectivity index (χ3n) is 7.34. The van der Waals surface area contributed by atoms with Gasteiger partial charge in [-0.25, -0.2) is 0 Å². The van der Waals surface area contributed by atoms with Crippen LogP contribution in [-0.4, -0.2) is 59.6 Å². The highest BCUT2D eigenvalue weighted by Crippen LogP contribution is 2.39. The molecular formula is C27H28N4O3S. The van der Waals surface area contributed by atoms with Crippen molar-refractivity contribution in [2.45, 2.75) is 19.4 Å². The van der Waals surface area contributed by atoms with E-state index in [2.05, 4.69) is 32.0 Å². The van der Waals surface area contributed by atoms with E-state index in [-0.39, 0.29) is 11.8 Å². The number of piperidine rings is 1. The summed E-state index contributed by atoms with van der Waals surface area (Å²) in [5, 5.41) is 6.51. The van der Waals surface area contributed by atoms with Gasteiger partial charge >= 0.3 is 0 Å². The monoisotopic (exact) mass is 488 g/mol. The van der Waals surface area contributed by atoms with E-state index in [9.17, 15) is 9.59 Å². The number of H-pyrrole nitrogens is 1. The molecular weight excluding hydrogens is 460 g/mol. The van der Waals surface area contributed by atoms with Gasteiger partial charge < -0.3 is 19.2 Å². The number of hydrogen-bond acceptors (Lipinski definition) is 5. The first kappa shape index (κ1) is 22.3. The molecule has 180 valence electrons. The van der Waals surface area contributed by atoms with Crippen LogP contribution in [-0.2, 0) is 20.9 Å². The molecule has 6 rings (SSSR count). The number of aromatic amines is 1. The largest absolute Gasteiger partial charge is 0.383 e. The first-order valence-corrected chi connectivity index (χ1v) is 13.0. The van der Waals surface area contributed by atoms with Crippen molar-refractivity contribution in [1.29, 1.82) is 0 Å². The van der Waals surface area contributed by atoms with Crippen LogP contribution in [0, 0.1) is 5.92 Å². The van der Waals surface area contributed by atoms with Crippen LogP contribution in [0.5, 0.6) is 0 Å². The maximum Gasteiger partial charge on any atom is 0.259 e. The molecule has 0 saturated carbocycles. The van der Waals surface area contributed by atoms with Crippen LogP contribution in [0.25, 0.3) is 32.3 Å². The molecule has 2 aliphatic rings. The number of likely N-dealkylation sites (tertiary alicyclic amines) is 1. The van der Waals surface area contributed by atoms with Gasteiger partial charge in [0.2, 0.25) is 0 Å². The highest BCUT2D eigenvalue weighted by molar-refractivity contribution is 7.16. The molecule has 2 N–H and O–H groups in total. The molecule has 0 bridgehead atoms. The van der Waals surface area contributed by atoms with Crippen molar-refractivity contribution < 1.29 is 14.3 Å². The zero-order chi connectivity index (χ0) is 23.9. The fourth-order valence-corrected chi connectivity index (χ4v) is 6.28. The number of methoxy groups -OCH3 is 1. The van der Waals surface area contributed by atoms with Crippen molar-refractivity contribution in [3.63, 3.8) is 0 Å². The molecule has 0 atom stereocenters. The van der Waals surface area contributed by atoms with Gasteiger partial charge in [0.05, 0.1) is 17.8 Å². The van der Waals surface area contributed by atoms with Crippen molar-refractivity contribution in [2.75, 3.05) is 33.4 Å². The fourth-order valence-electron chi connectivity index (χ4n) is 5.51. The first-order valence-electron chi connectivity index (χ1n) is 12.1. The average Bonchev–Trinajstić information content (AvgIpc) is 3.62. The topological polar surface area (TPSA) is 79.4 Å². The van der Waals surface area contributed by atoms with Gasteiger partial charge in [-0.05, 0) is 49.4 Å². The van der Waals surface area contributed by atoms with Crippen LogP contribution in [0.1, 0.15) is 24.0 Å². The Hall–Kier alpha value is -3.20. The van der Waals surface area contributed by atoms with Gasteiger partial charge in [0.1, 0.15) is 4.83 Å². The summed E-state index contributed by atoms with van der Waals surface area (Å²) in [6.45, 7) is 4.81. The summed E-state index contributed by atoms with van der Waals surface area (Å²) in [5.41, 5.74) is 3.61. The van der Waals surface area contributed by atoms with Crippen LogP contribution in [0.4, 0.5) is 0 Å². The van der Waals surface area contributed by atoms with E-state index in [1.807, 2.05) is 35.8 Å². The van der Waals surface area contributed by atoms with E-state index in [0.717, 1.165) is 77.9 Å². The number of para-hydroxylation sites is 1. The summed E-state index contributed by atoms with van der Waals surface area (Å²) in [6, 6.07) is 10.2. The lowest BCUT2D eigenvalue weighted by atomic mass is 9.96. The minimum atomic E-state index is -0.336. The van der Waals surface area contributed by atoms with E-state index in [0.29, 0.717) is 17.1 Å². The zero-order valence-electron chi connectivity index (χ0n) is 19.7. The number of rotatable bonds is 7. The van der Waals surface area contributed by atoms with Crippen LogP contribution in [0.15, 0.2) is 48.1 Å². The van der Waals surface area contributed by atoms with Gasteiger partial charge in [-0.1, -0.05) is 18.2 Å². The molecule has 7 nitrogen and oxygen atoms in total. The van der Waals surface area contributed by atoms with Crippen molar-refractivity contribution in [2.24, 2.45) is 5.92 Å². The minimum Gasteiger partial charge on any atom is -0.383 e. The lowest BCUT2D eigenvalue weighted by molar-refractivity contribution is -0.122. The lowest BCUT2D eigenvalue weighted by Crippen LogP contribution is -2.36. The first-order chi connectivity index (χ1) is 17.1. The SMILES string of the molecule is COCCN1CCC(Cn2cc(C3=C(c4c[nH]c5sccc45)C(=O)NC3=O)c3ccccc32)CC1. The van der Waals surface area contributed by atoms with Gasteiger partial charge in [-0.2, -0.15) is 0 Å². The summed E-state index contributed by atoms with van der Waals surface area (Å²) >= 11 is 1.59. The normalized spacial score (nSPS) is 17.9. The van der Waals surface area contributed by atoms with E-state index in [1.165, 1.54) is 0 Å². The molecule has 0 aliphatic carbocycles. The number of aromatic nitrogens is 2. The minimum absolute atomic E-state index is 0.330. The second-order valence-electron chi connectivity index (χ2n) is 9.39. The Kier molecular flexibility index (Phi) is 5.80. The molecule has 8 heteroatoms. The standard InChI is InChI=1S/C27H28N4O3S/c1-34-12-11-30-9-6-17(7-10-30)15-31-16-21(18-4-2-3-5-22(18)31)24-23(25(32)29-26(24)33)20-14-28-27-19(20)8-13-35-27/h2-5,8,13-14,16-17,28H,6-7,9-12,15H2,1H3,(H,29,32,33). The molecule has 0 radical (unpaired) electrons. The third-order valence-corrected chi connectivity index (χ3v) is 8.18. The Balaban J connectivity index is 1.38. The summed E-state index contributed by atoms with van der Waals surface area (Å²) in [4.78, 5) is 32.8. The molecule has 3 aromatic heterocycles. The van der Waals surface area contributed by atoms with Crippen LogP contribution < -0.4 is 5.32 Å². The Morgan fingerprint density at radius 3 is 2.60 bits per heavy atom. The van der Waals surface area contributed by atoms with Crippen molar-refractivity contribution in [3.05, 3.63) is 59.2 Å². The molecule has 1 saturated heterocycles. The molecule has 35 heavy (non-hydrogen) atoms. The molecule has 1 aromatic carbocycles. The van der Waals surface area contributed by atoms with Crippen molar-refractivity contribution in [3.8, 4) is 0 Å². The predicted molar refractivity (Wildman–Crippen MR) is 139 cm³/mol. The number of benzene rings is 1.